The molecule has 0 unspecified atom stereocenters. The standard InChI is InChI=1S/C11H16N2O/c1-9(2)12-13-11(14)8-10-6-4-3-5-7-10/h3-7,9,12H,8H2,1-2H3,(H,13,14). The van der Waals surface area contributed by atoms with Gasteiger partial charge in [-0.2, -0.15) is 0 Å². The Kier molecular flexibility index (Phi) is 4.13. The number of nitrogens with one attached hydrogen (secondary N) is 2. The first-order valence-corrected chi connectivity index (χ1v) is 4.77. The zero-order valence-electron chi connectivity index (χ0n) is 8.58. The van der Waals surface area contributed by atoms with Crippen molar-refractivity contribution in [2.75, 3.05) is 0 Å². The van der Waals surface area contributed by atoms with Crippen LogP contribution >= 0.6 is 0 Å². The molecule has 1 rings (SSSR count). The molecule has 0 heterocycles. The number of rotatable bonds is 4. The van der Waals surface area contributed by atoms with Gasteiger partial charge in [0.2, 0.25) is 5.91 Å². The topological polar surface area (TPSA) is 41.1 Å². The molecule has 0 aliphatic heterocycles. The molecule has 1 amide bonds. The van der Waals surface area contributed by atoms with E-state index in [9.17, 15) is 4.79 Å². The van der Waals surface area contributed by atoms with E-state index >= 15 is 0 Å². The molecule has 1 aromatic carbocycles. The number of carbonyl (C=O) groups is 1. The summed E-state index contributed by atoms with van der Waals surface area (Å²) >= 11 is 0. The lowest BCUT2D eigenvalue weighted by atomic mass is 10.1. The van der Waals surface area contributed by atoms with Crippen LogP contribution in [0.3, 0.4) is 0 Å². The number of amides is 1. The summed E-state index contributed by atoms with van der Waals surface area (Å²) in [5, 5.41) is 0. The van der Waals surface area contributed by atoms with Gasteiger partial charge in [0.05, 0.1) is 6.42 Å². The summed E-state index contributed by atoms with van der Waals surface area (Å²) in [5.41, 5.74) is 6.53. The number of hydrazine groups is 1. The molecule has 0 bridgehead atoms. The first-order chi connectivity index (χ1) is 6.68. The molecule has 0 fully saturated rings. The monoisotopic (exact) mass is 192 g/mol. The fraction of sp³-hybridized carbons (Fsp3) is 0.364. The Bertz CT molecular complexity index is 283. The predicted molar refractivity (Wildman–Crippen MR) is 56.6 cm³/mol. The van der Waals surface area contributed by atoms with Crippen LogP contribution in [0, 0.1) is 0 Å². The third kappa shape index (κ3) is 4.05. The summed E-state index contributed by atoms with van der Waals surface area (Å²) in [7, 11) is 0. The summed E-state index contributed by atoms with van der Waals surface area (Å²) < 4.78 is 0. The third-order valence-electron chi connectivity index (χ3n) is 1.71. The first-order valence-electron chi connectivity index (χ1n) is 4.77. The third-order valence-corrected chi connectivity index (χ3v) is 1.71. The average Bonchev–Trinajstić information content (AvgIpc) is 2.16. The Morgan fingerprint density at radius 3 is 2.50 bits per heavy atom. The number of hydrogen-bond acceptors (Lipinski definition) is 2. The highest BCUT2D eigenvalue weighted by Gasteiger charge is 2.02. The van der Waals surface area contributed by atoms with Gasteiger partial charge in [-0.05, 0) is 19.4 Å². The lowest BCUT2D eigenvalue weighted by Gasteiger charge is -2.09. The maximum atomic E-state index is 11.3. The quantitative estimate of drug-likeness (QED) is 0.705. The Morgan fingerprint density at radius 2 is 1.93 bits per heavy atom. The molecule has 3 heteroatoms. The van der Waals surface area contributed by atoms with Gasteiger partial charge >= 0.3 is 0 Å². The molecular weight excluding hydrogens is 176 g/mol. The van der Waals surface area contributed by atoms with Crippen LogP contribution in [-0.2, 0) is 11.2 Å². The van der Waals surface area contributed by atoms with E-state index in [1.54, 1.807) is 0 Å². The molecule has 0 spiro atoms. The second-order valence-corrected chi connectivity index (χ2v) is 3.51. The van der Waals surface area contributed by atoms with Crippen molar-refractivity contribution in [3.8, 4) is 0 Å². The van der Waals surface area contributed by atoms with Crippen LogP contribution in [0.2, 0.25) is 0 Å². The van der Waals surface area contributed by atoms with Crippen molar-refractivity contribution in [3.05, 3.63) is 35.9 Å². The van der Waals surface area contributed by atoms with Gasteiger partial charge in [-0.25, -0.2) is 5.43 Å². The maximum Gasteiger partial charge on any atom is 0.238 e. The van der Waals surface area contributed by atoms with Crippen molar-refractivity contribution in [3.63, 3.8) is 0 Å². The average molecular weight is 192 g/mol. The number of carbonyl (C=O) groups excluding carboxylic acids is 1. The van der Waals surface area contributed by atoms with Gasteiger partial charge in [0.1, 0.15) is 0 Å². The molecule has 0 aromatic heterocycles. The van der Waals surface area contributed by atoms with E-state index < -0.39 is 0 Å². The molecule has 3 nitrogen and oxygen atoms in total. The van der Waals surface area contributed by atoms with Crippen LogP contribution in [0.1, 0.15) is 19.4 Å². The smallest absolute Gasteiger partial charge is 0.238 e. The predicted octanol–water partition coefficient (Wildman–Crippen LogP) is 1.26. The van der Waals surface area contributed by atoms with Crippen LogP contribution in [0.25, 0.3) is 0 Å². The highest BCUT2D eigenvalue weighted by molar-refractivity contribution is 5.78. The van der Waals surface area contributed by atoms with Crippen LogP contribution in [-0.4, -0.2) is 11.9 Å². The normalized spacial score (nSPS) is 10.2. The van der Waals surface area contributed by atoms with Crippen molar-refractivity contribution in [1.82, 2.24) is 10.9 Å². The summed E-state index contributed by atoms with van der Waals surface area (Å²) in [6.45, 7) is 3.95. The molecule has 76 valence electrons. The van der Waals surface area contributed by atoms with Crippen LogP contribution in [0.5, 0.6) is 0 Å². The highest BCUT2D eigenvalue weighted by atomic mass is 16.2. The Morgan fingerprint density at radius 1 is 1.29 bits per heavy atom. The van der Waals surface area contributed by atoms with Gasteiger partial charge in [-0.1, -0.05) is 30.3 Å². The summed E-state index contributed by atoms with van der Waals surface area (Å²) in [4.78, 5) is 11.3. The highest BCUT2D eigenvalue weighted by Crippen LogP contribution is 1.98. The Balaban J connectivity index is 2.35. The van der Waals surface area contributed by atoms with Crippen LogP contribution < -0.4 is 10.9 Å². The maximum absolute atomic E-state index is 11.3. The van der Waals surface area contributed by atoms with E-state index in [0.717, 1.165) is 5.56 Å². The van der Waals surface area contributed by atoms with Crippen molar-refractivity contribution in [2.24, 2.45) is 0 Å². The summed E-state index contributed by atoms with van der Waals surface area (Å²) in [5.74, 6) is -0.00935. The first kappa shape index (κ1) is 10.7. The van der Waals surface area contributed by atoms with Crippen molar-refractivity contribution >= 4 is 5.91 Å². The van der Waals surface area contributed by atoms with Gasteiger partial charge in [0.15, 0.2) is 0 Å². The molecular formula is C11H16N2O. The van der Waals surface area contributed by atoms with Crippen LogP contribution in [0.15, 0.2) is 30.3 Å². The molecule has 0 radical (unpaired) electrons. The molecule has 1 aromatic rings. The molecule has 0 saturated carbocycles. The molecule has 14 heavy (non-hydrogen) atoms. The van der Waals surface area contributed by atoms with Crippen molar-refractivity contribution < 1.29 is 4.79 Å². The van der Waals surface area contributed by atoms with E-state index in [1.807, 2.05) is 44.2 Å². The fourth-order valence-corrected chi connectivity index (χ4v) is 1.05. The minimum absolute atomic E-state index is 0.00935. The zero-order valence-corrected chi connectivity index (χ0v) is 8.58. The zero-order chi connectivity index (χ0) is 10.4. The second-order valence-electron chi connectivity index (χ2n) is 3.51. The SMILES string of the molecule is CC(C)NNC(=O)Cc1ccccc1. The van der Waals surface area contributed by atoms with Gasteiger partial charge in [0.25, 0.3) is 0 Å². The minimum Gasteiger partial charge on any atom is -0.291 e. The molecule has 0 aliphatic rings. The Labute approximate surface area is 84.5 Å². The lowest BCUT2D eigenvalue weighted by molar-refractivity contribution is -0.121. The molecule has 2 N–H and O–H groups in total. The minimum atomic E-state index is -0.00935. The molecule has 0 aliphatic carbocycles. The van der Waals surface area contributed by atoms with Gasteiger partial charge in [-0.15, -0.1) is 0 Å². The van der Waals surface area contributed by atoms with Gasteiger partial charge in [0, 0.05) is 6.04 Å². The number of hydrogen-bond donors (Lipinski definition) is 2. The van der Waals surface area contributed by atoms with E-state index in [1.165, 1.54) is 0 Å². The Hall–Kier alpha value is -1.35. The number of benzene rings is 1. The lowest BCUT2D eigenvalue weighted by Crippen LogP contribution is -2.42. The second kappa shape index (κ2) is 5.40. The van der Waals surface area contributed by atoms with Crippen molar-refractivity contribution in [1.29, 1.82) is 0 Å². The molecule has 0 saturated heterocycles. The van der Waals surface area contributed by atoms with E-state index in [4.69, 9.17) is 0 Å². The van der Waals surface area contributed by atoms with E-state index in [0.29, 0.717) is 6.42 Å². The summed E-state index contributed by atoms with van der Waals surface area (Å²) in [6, 6.07) is 9.93. The van der Waals surface area contributed by atoms with E-state index in [-0.39, 0.29) is 11.9 Å². The molecule has 0 atom stereocenters. The fourth-order valence-electron chi connectivity index (χ4n) is 1.05. The summed E-state index contributed by atoms with van der Waals surface area (Å²) in [6.07, 6.45) is 0.417. The van der Waals surface area contributed by atoms with Gasteiger partial charge in [-0.3, -0.25) is 10.2 Å². The van der Waals surface area contributed by atoms with Crippen LogP contribution in [0.4, 0.5) is 0 Å². The van der Waals surface area contributed by atoms with E-state index in [2.05, 4.69) is 10.9 Å². The van der Waals surface area contributed by atoms with Gasteiger partial charge < -0.3 is 0 Å². The largest absolute Gasteiger partial charge is 0.291 e. The van der Waals surface area contributed by atoms with Crippen molar-refractivity contribution in [2.45, 2.75) is 26.3 Å².